The number of nitrogens with two attached hydrogens (primary N) is 1. The summed E-state index contributed by atoms with van der Waals surface area (Å²) in [5.74, 6) is -4.15. The van der Waals surface area contributed by atoms with Gasteiger partial charge in [0.05, 0.1) is 12.0 Å². The quantitative estimate of drug-likeness (QED) is 0.140. The summed E-state index contributed by atoms with van der Waals surface area (Å²) >= 11 is 0. The third kappa shape index (κ3) is 10.1. The van der Waals surface area contributed by atoms with Gasteiger partial charge in [0.15, 0.2) is 0 Å². The van der Waals surface area contributed by atoms with E-state index < -0.39 is 78.4 Å². The van der Waals surface area contributed by atoms with Crippen LogP contribution in [0.5, 0.6) is 0 Å². The first-order chi connectivity index (χ1) is 22.8. The highest BCUT2D eigenvalue weighted by Crippen LogP contribution is 2.49. The van der Waals surface area contributed by atoms with Crippen molar-refractivity contribution in [3.8, 4) is 0 Å². The van der Waals surface area contributed by atoms with Gasteiger partial charge in [-0.2, -0.15) is 0 Å². The first-order valence-corrected chi connectivity index (χ1v) is 17.9. The summed E-state index contributed by atoms with van der Waals surface area (Å²) < 4.78 is 5.75. The lowest BCUT2D eigenvalue weighted by Crippen LogP contribution is -2.62. The monoisotopic (exact) mass is 678 g/mol. The van der Waals surface area contributed by atoms with Crippen molar-refractivity contribution in [3.05, 3.63) is 0 Å². The van der Waals surface area contributed by atoms with Crippen molar-refractivity contribution in [1.82, 2.24) is 26.2 Å². The normalized spacial score (nSPS) is 33.5. The minimum atomic E-state index is -1.46. The Kier molecular flexibility index (Phi) is 15.1. The number of nitrogens with one attached hydrogen (secondary N) is 4. The van der Waals surface area contributed by atoms with Crippen LogP contribution in [-0.2, 0) is 33.5 Å². The van der Waals surface area contributed by atoms with E-state index in [0.717, 1.165) is 44.9 Å². The van der Waals surface area contributed by atoms with E-state index in [2.05, 4.69) is 28.2 Å². The second-order valence-electron chi connectivity index (χ2n) is 14.0. The smallest absolute Gasteiger partial charge is 0.325 e. The molecule has 3 aliphatic rings. The van der Waals surface area contributed by atoms with Gasteiger partial charge < -0.3 is 41.7 Å². The maximum atomic E-state index is 14.0. The maximum Gasteiger partial charge on any atom is 0.325 e. The molecule has 0 radical (unpaired) electrons. The molecule has 0 aromatic heterocycles. The van der Waals surface area contributed by atoms with E-state index in [-0.39, 0.29) is 24.3 Å². The molecule has 0 aromatic carbocycles. The summed E-state index contributed by atoms with van der Waals surface area (Å²) in [6, 6.07) is -4.60. The predicted molar refractivity (Wildman–Crippen MR) is 178 cm³/mol. The van der Waals surface area contributed by atoms with Gasteiger partial charge >= 0.3 is 5.97 Å². The van der Waals surface area contributed by atoms with Crippen LogP contribution in [0.25, 0.3) is 0 Å². The van der Waals surface area contributed by atoms with Crippen LogP contribution in [0.3, 0.4) is 0 Å². The number of esters is 1. The Balaban J connectivity index is 1.99. The number of nitrogens with zero attached hydrogens (tertiary/aromatic N) is 1. The Labute approximate surface area is 284 Å². The Morgan fingerprint density at radius 3 is 2.21 bits per heavy atom. The lowest BCUT2D eigenvalue weighted by atomic mass is 9.82. The lowest BCUT2D eigenvalue weighted by Gasteiger charge is -2.35. The molecule has 48 heavy (non-hydrogen) atoms. The summed E-state index contributed by atoms with van der Waals surface area (Å²) in [6.45, 7) is 6.06. The topological polar surface area (TPSA) is 209 Å². The van der Waals surface area contributed by atoms with Crippen LogP contribution in [0.1, 0.15) is 98.3 Å². The highest BCUT2D eigenvalue weighted by molar-refractivity contribution is 5.96. The number of aliphatic hydroxyl groups is 1. The Morgan fingerprint density at radius 2 is 1.62 bits per heavy atom. The average molecular weight is 679 g/mol. The first kappa shape index (κ1) is 39.2. The second-order valence-corrected chi connectivity index (χ2v) is 14.0. The van der Waals surface area contributed by atoms with Crippen LogP contribution in [0.15, 0.2) is 0 Å². The number of fused-ring (bicyclic) bond motifs is 2. The molecule has 1 aliphatic heterocycles. The summed E-state index contributed by atoms with van der Waals surface area (Å²) in [5, 5.41) is 20.8. The number of hydrogen-bond acceptors (Lipinski definition) is 9. The minimum absolute atomic E-state index is 0.159. The van der Waals surface area contributed by atoms with Crippen molar-refractivity contribution in [2.45, 2.75) is 135 Å². The number of cyclic esters (lactones) is 1. The zero-order chi connectivity index (χ0) is 35.5. The number of amides is 5. The Bertz CT molecular complexity index is 1150. The van der Waals surface area contributed by atoms with Gasteiger partial charge in [0.1, 0.15) is 36.8 Å². The van der Waals surface area contributed by atoms with Crippen molar-refractivity contribution in [2.24, 2.45) is 29.4 Å². The van der Waals surface area contributed by atoms with Crippen molar-refractivity contribution in [1.29, 1.82) is 0 Å². The molecule has 2 saturated carbocycles. The largest absolute Gasteiger partial charge is 0.460 e. The van der Waals surface area contributed by atoms with Crippen molar-refractivity contribution in [3.63, 3.8) is 0 Å². The van der Waals surface area contributed by atoms with Crippen LogP contribution in [0.4, 0.5) is 0 Å². The molecule has 3 unspecified atom stereocenters. The van der Waals surface area contributed by atoms with Gasteiger partial charge in [-0.25, -0.2) is 0 Å². The zero-order valence-corrected chi connectivity index (χ0v) is 29.3. The van der Waals surface area contributed by atoms with Crippen LogP contribution >= 0.6 is 0 Å². The van der Waals surface area contributed by atoms with Crippen molar-refractivity contribution < 1.29 is 38.6 Å². The molecule has 1 saturated heterocycles. The van der Waals surface area contributed by atoms with Gasteiger partial charge in [-0.05, 0) is 63.2 Å². The number of hydrogen-bond donors (Lipinski definition) is 6. The summed E-state index contributed by atoms with van der Waals surface area (Å²) in [7, 11) is 1.55. The summed E-state index contributed by atoms with van der Waals surface area (Å²) in [6.07, 6.45) is 6.44. The molecule has 3 fully saturated rings. The molecular formula is C34H58N6O8. The number of aliphatic hydroxyl groups excluding tert-OH is 1. The minimum Gasteiger partial charge on any atom is -0.460 e. The zero-order valence-electron chi connectivity index (χ0n) is 29.3. The molecule has 14 nitrogen and oxygen atoms in total. The fourth-order valence-electron chi connectivity index (χ4n) is 7.54. The molecule has 1 heterocycles. The van der Waals surface area contributed by atoms with E-state index in [0.29, 0.717) is 31.6 Å². The number of likely N-dealkylation sites (N-methyl/N-ethyl adjacent to an activating group) is 1. The molecular weight excluding hydrogens is 620 g/mol. The molecule has 14 heteroatoms. The van der Waals surface area contributed by atoms with Gasteiger partial charge in [-0.1, -0.05) is 52.9 Å². The predicted octanol–water partition coefficient (Wildman–Crippen LogP) is 0.492. The molecule has 7 N–H and O–H groups in total. The Hall–Kier alpha value is -3.26. The molecule has 2 aliphatic carbocycles. The third-order valence-electron chi connectivity index (χ3n) is 10.4. The van der Waals surface area contributed by atoms with Crippen LogP contribution in [0.2, 0.25) is 0 Å². The number of carbonyl (C=O) groups excluding carboxylic acids is 6. The maximum absolute atomic E-state index is 14.0. The number of ether oxygens (including phenoxy) is 1. The van der Waals surface area contributed by atoms with E-state index >= 15 is 0 Å². The fraction of sp³-hybridized carbons (Fsp3) is 0.824. The molecule has 5 amide bonds. The first-order valence-electron chi connectivity index (χ1n) is 17.9. The van der Waals surface area contributed by atoms with E-state index in [1.54, 1.807) is 14.0 Å². The third-order valence-corrected chi connectivity index (χ3v) is 10.4. The summed E-state index contributed by atoms with van der Waals surface area (Å²) in [5.41, 5.74) is 5.90. The number of unbranched alkanes of at least 4 members (excludes halogenated alkanes) is 3. The summed E-state index contributed by atoms with van der Waals surface area (Å²) in [4.78, 5) is 82.6. The standard InChI is InChI=1S/C34H58N6O8/c1-6-8-9-10-12-26-19(3)34(47)40(5)25(11-7-2)31(44)39-29(23-16-21-13-14-22(23)15-21)33(46)37-24(17-35)30(43)38-28(20(4)41)32(45)36-18-27(42)48-26/h19-26,28-29,41H,6-18,35H2,1-5H3,(H,36,45)(H,37,46)(H,38,43)(H,39,44)/t19-,20+,21?,22?,23?,24+,25+,26-,28+,29+/m1/s1. The van der Waals surface area contributed by atoms with Crippen molar-refractivity contribution in [2.75, 3.05) is 20.1 Å². The molecule has 272 valence electrons. The highest BCUT2D eigenvalue weighted by atomic mass is 16.5. The highest BCUT2D eigenvalue weighted by Gasteiger charge is 2.47. The van der Waals surface area contributed by atoms with E-state index in [9.17, 15) is 33.9 Å². The lowest BCUT2D eigenvalue weighted by molar-refractivity contribution is -0.157. The van der Waals surface area contributed by atoms with E-state index in [1.807, 2.05) is 6.92 Å². The van der Waals surface area contributed by atoms with Gasteiger partial charge in [0.2, 0.25) is 29.5 Å². The average Bonchev–Trinajstić information content (AvgIpc) is 3.70. The second kappa shape index (κ2) is 18.5. The van der Waals surface area contributed by atoms with Gasteiger partial charge in [-0.15, -0.1) is 0 Å². The van der Waals surface area contributed by atoms with Gasteiger partial charge in [0.25, 0.3) is 0 Å². The Morgan fingerprint density at radius 1 is 0.896 bits per heavy atom. The number of rotatable bonds is 10. The van der Waals surface area contributed by atoms with Crippen LogP contribution in [-0.4, -0.2) is 102 Å². The van der Waals surface area contributed by atoms with E-state index in [4.69, 9.17) is 10.5 Å². The van der Waals surface area contributed by atoms with Gasteiger partial charge in [-0.3, -0.25) is 28.8 Å². The fourth-order valence-corrected chi connectivity index (χ4v) is 7.54. The van der Waals surface area contributed by atoms with E-state index in [1.165, 1.54) is 11.8 Å². The SMILES string of the molecule is CCCCCC[C@H]1OC(=O)CNC(=O)[C@H]([C@H](C)O)NC(=O)[C@H](CN)NC(=O)[C@H](C2CC3CCC2C3)NC(=O)[C@H](CCC)N(C)C(=O)[C@@H]1C. The molecule has 0 spiro atoms. The number of carbonyl (C=O) groups is 6. The van der Waals surface area contributed by atoms with Crippen molar-refractivity contribution >= 4 is 35.5 Å². The van der Waals surface area contributed by atoms with Crippen LogP contribution < -0.4 is 27.0 Å². The van der Waals surface area contributed by atoms with Crippen LogP contribution in [0, 0.1) is 23.7 Å². The molecule has 3 rings (SSSR count). The molecule has 0 aromatic rings. The molecule has 10 atom stereocenters. The van der Waals surface area contributed by atoms with Gasteiger partial charge in [0, 0.05) is 13.6 Å². The molecule has 2 bridgehead atoms.